The van der Waals surface area contributed by atoms with E-state index in [1.54, 1.807) is 6.92 Å². The average molecular weight is 455 g/mol. The lowest BCUT2D eigenvalue weighted by molar-refractivity contribution is -0.155. The maximum atomic E-state index is 14.0. The van der Waals surface area contributed by atoms with Crippen LogP contribution in [0.3, 0.4) is 0 Å². The van der Waals surface area contributed by atoms with Gasteiger partial charge in [-0.2, -0.15) is 18.4 Å². The predicted molar refractivity (Wildman–Crippen MR) is 114 cm³/mol. The van der Waals surface area contributed by atoms with Crippen LogP contribution < -0.4 is 0 Å². The normalized spacial score (nSPS) is 26.4. The summed E-state index contributed by atoms with van der Waals surface area (Å²) in [5, 5.41) is 20.4. The van der Waals surface area contributed by atoms with E-state index in [2.05, 4.69) is 4.99 Å². The zero-order valence-electron chi connectivity index (χ0n) is 19.1. The van der Waals surface area contributed by atoms with E-state index < -0.39 is 46.8 Å². The summed E-state index contributed by atoms with van der Waals surface area (Å²) in [6.45, 7) is 9.17. The van der Waals surface area contributed by atoms with Gasteiger partial charge >= 0.3 is 12.1 Å². The minimum atomic E-state index is -4.91. The highest BCUT2D eigenvalue weighted by Crippen LogP contribution is 2.55. The van der Waals surface area contributed by atoms with Crippen molar-refractivity contribution >= 4 is 11.7 Å². The lowest BCUT2D eigenvalue weighted by Gasteiger charge is -2.48. The van der Waals surface area contributed by atoms with Crippen molar-refractivity contribution in [2.24, 2.45) is 21.7 Å². The molecule has 0 aromatic heterocycles. The Labute approximate surface area is 186 Å². The molecule has 1 aliphatic rings. The van der Waals surface area contributed by atoms with Crippen LogP contribution in [0.5, 0.6) is 0 Å². The fourth-order valence-corrected chi connectivity index (χ4v) is 4.74. The summed E-state index contributed by atoms with van der Waals surface area (Å²) < 4.78 is 55.7. The molecule has 4 atom stereocenters. The van der Waals surface area contributed by atoms with Gasteiger partial charge in [-0.15, -0.1) is 0 Å². The van der Waals surface area contributed by atoms with Gasteiger partial charge < -0.3 is 5.11 Å². The highest BCUT2D eigenvalue weighted by Gasteiger charge is 2.59. The average Bonchev–Trinajstić information content (AvgIpc) is 2.65. The van der Waals surface area contributed by atoms with Crippen LogP contribution in [0.4, 0.5) is 17.6 Å². The molecule has 4 nitrogen and oxygen atoms in total. The first kappa shape index (κ1) is 25.8. The third-order valence-corrected chi connectivity index (χ3v) is 6.34. The Bertz CT molecular complexity index is 927. The molecule has 1 aliphatic heterocycles. The quantitative estimate of drug-likeness (QED) is 0.492. The summed E-state index contributed by atoms with van der Waals surface area (Å²) in [5.74, 6) is -4.85. The second-order valence-electron chi connectivity index (χ2n) is 9.79. The van der Waals surface area contributed by atoms with Crippen LogP contribution in [-0.4, -0.2) is 22.8 Å². The third kappa shape index (κ3) is 4.97. The number of halogens is 4. The van der Waals surface area contributed by atoms with Crippen LogP contribution in [-0.2, 0) is 11.0 Å². The van der Waals surface area contributed by atoms with E-state index >= 15 is 0 Å². The molecule has 2 rings (SSSR count). The van der Waals surface area contributed by atoms with Gasteiger partial charge in [0.1, 0.15) is 5.82 Å². The number of hydrogen-bond acceptors (Lipinski definition) is 3. The molecule has 176 valence electrons. The fourth-order valence-electron chi connectivity index (χ4n) is 4.74. The number of hydrogen-bond donors (Lipinski definition) is 1. The number of aliphatic imine (C=N–C) groups is 1. The van der Waals surface area contributed by atoms with E-state index in [0.29, 0.717) is 31.0 Å². The zero-order valence-corrected chi connectivity index (χ0v) is 19.1. The minimum absolute atomic E-state index is 0.0464. The maximum Gasteiger partial charge on any atom is 0.416 e. The van der Waals surface area contributed by atoms with Gasteiger partial charge in [0.2, 0.25) is 0 Å². The van der Waals surface area contributed by atoms with Crippen molar-refractivity contribution in [3.05, 3.63) is 35.1 Å². The SMILES string of the molecule is CCCC1N=C(C)C(C#N)C(c2ccc(F)cc2C(F)(F)F)C1(CCC(C)(C)C)C(=O)O. The molecule has 0 spiro atoms. The molecule has 0 fully saturated rings. The Kier molecular flexibility index (Phi) is 7.43. The molecule has 1 N–H and O–H groups in total. The monoisotopic (exact) mass is 454 g/mol. The van der Waals surface area contributed by atoms with Gasteiger partial charge in [0.25, 0.3) is 0 Å². The van der Waals surface area contributed by atoms with E-state index in [0.717, 1.165) is 12.1 Å². The van der Waals surface area contributed by atoms with E-state index in [-0.39, 0.29) is 17.4 Å². The molecule has 0 amide bonds. The molecule has 1 aromatic rings. The van der Waals surface area contributed by atoms with Crippen LogP contribution in [0.1, 0.15) is 77.3 Å². The number of carboxylic acids is 1. The van der Waals surface area contributed by atoms with Crippen molar-refractivity contribution in [2.75, 3.05) is 0 Å². The second kappa shape index (κ2) is 9.21. The number of carboxylic acid groups (broad SMARTS) is 1. The van der Waals surface area contributed by atoms with Gasteiger partial charge in [-0.25, -0.2) is 4.39 Å². The number of nitriles is 1. The van der Waals surface area contributed by atoms with Gasteiger partial charge in [-0.3, -0.25) is 9.79 Å². The first-order valence-corrected chi connectivity index (χ1v) is 10.7. The number of rotatable bonds is 6. The molecule has 4 unspecified atom stereocenters. The number of benzene rings is 1. The first-order chi connectivity index (χ1) is 14.7. The van der Waals surface area contributed by atoms with Crippen LogP contribution >= 0.6 is 0 Å². The Hall–Kier alpha value is -2.43. The van der Waals surface area contributed by atoms with Gasteiger partial charge in [0.05, 0.1) is 29.0 Å². The molecule has 1 heterocycles. The highest BCUT2D eigenvalue weighted by atomic mass is 19.4. The molecule has 8 heteroatoms. The molecular weight excluding hydrogens is 424 g/mol. The van der Waals surface area contributed by atoms with Gasteiger partial charge in [-0.1, -0.05) is 40.2 Å². The van der Waals surface area contributed by atoms with E-state index in [4.69, 9.17) is 0 Å². The lowest BCUT2D eigenvalue weighted by Crippen LogP contribution is -2.53. The van der Waals surface area contributed by atoms with Crippen molar-refractivity contribution in [2.45, 2.75) is 78.4 Å². The Morgan fingerprint density at radius 3 is 2.38 bits per heavy atom. The van der Waals surface area contributed by atoms with E-state index in [1.165, 1.54) is 0 Å². The van der Waals surface area contributed by atoms with Crippen molar-refractivity contribution in [3.63, 3.8) is 0 Å². The smallest absolute Gasteiger partial charge is 0.416 e. The standard InChI is InChI=1S/C24H30F4N2O2/c1-6-7-19-23(21(31)32,11-10-22(3,4)5)20(17(13-29)14(2)30-19)16-9-8-15(25)12-18(16)24(26,27)28/h8-9,12,17,19-20H,6-7,10-11H2,1-5H3,(H,31,32). The van der Waals surface area contributed by atoms with Crippen LogP contribution in [0, 0.1) is 33.9 Å². The number of nitrogens with zero attached hydrogens (tertiary/aromatic N) is 2. The summed E-state index contributed by atoms with van der Waals surface area (Å²) in [4.78, 5) is 17.5. The molecule has 0 saturated heterocycles. The fraction of sp³-hybridized carbons (Fsp3) is 0.625. The molecule has 0 bridgehead atoms. The molecule has 32 heavy (non-hydrogen) atoms. The Morgan fingerprint density at radius 1 is 1.28 bits per heavy atom. The summed E-state index contributed by atoms with van der Waals surface area (Å²) >= 11 is 0. The minimum Gasteiger partial charge on any atom is -0.481 e. The molecule has 0 radical (unpaired) electrons. The van der Waals surface area contributed by atoms with Crippen molar-refractivity contribution in [1.29, 1.82) is 5.26 Å². The molecule has 0 aliphatic carbocycles. The van der Waals surface area contributed by atoms with Gasteiger partial charge in [-0.05, 0) is 49.3 Å². The predicted octanol–water partition coefficient (Wildman–Crippen LogP) is 6.61. The summed E-state index contributed by atoms with van der Waals surface area (Å²) in [6, 6.07) is 3.48. The van der Waals surface area contributed by atoms with E-state index in [1.807, 2.05) is 33.8 Å². The lowest BCUT2D eigenvalue weighted by atomic mass is 9.56. The number of carbonyl (C=O) groups is 1. The molecule has 1 aromatic carbocycles. The van der Waals surface area contributed by atoms with Crippen LogP contribution in [0.15, 0.2) is 23.2 Å². The number of aliphatic carboxylic acids is 1. The summed E-state index contributed by atoms with van der Waals surface area (Å²) in [5.41, 5.74) is -3.33. The molecular formula is C24H30F4N2O2. The van der Waals surface area contributed by atoms with Gasteiger partial charge in [0, 0.05) is 11.6 Å². The van der Waals surface area contributed by atoms with Gasteiger partial charge in [0.15, 0.2) is 0 Å². The van der Waals surface area contributed by atoms with Crippen LogP contribution in [0.2, 0.25) is 0 Å². The summed E-state index contributed by atoms with van der Waals surface area (Å²) in [7, 11) is 0. The van der Waals surface area contributed by atoms with Crippen LogP contribution in [0.25, 0.3) is 0 Å². The summed E-state index contributed by atoms with van der Waals surface area (Å²) in [6.07, 6.45) is -3.53. The Balaban J connectivity index is 2.92. The largest absolute Gasteiger partial charge is 0.481 e. The van der Waals surface area contributed by atoms with Crippen molar-refractivity contribution < 1.29 is 27.5 Å². The highest BCUT2D eigenvalue weighted by molar-refractivity contribution is 5.92. The van der Waals surface area contributed by atoms with Crippen molar-refractivity contribution in [1.82, 2.24) is 0 Å². The molecule has 0 saturated carbocycles. The van der Waals surface area contributed by atoms with E-state index in [9.17, 15) is 32.7 Å². The second-order valence-corrected chi connectivity index (χ2v) is 9.79. The Morgan fingerprint density at radius 2 is 1.91 bits per heavy atom. The zero-order chi connectivity index (χ0) is 24.5. The third-order valence-electron chi connectivity index (χ3n) is 6.34. The number of alkyl halides is 3. The first-order valence-electron chi connectivity index (χ1n) is 10.7. The van der Waals surface area contributed by atoms with Crippen molar-refractivity contribution in [3.8, 4) is 6.07 Å². The maximum absolute atomic E-state index is 14.0. The topological polar surface area (TPSA) is 73.5 Å².